The molecular formula is C14H14BrClOS. The van der Waals surface area contributed by atoms with Crippen LogP contribution in [0.15, 0.2) is 40.2 Å². The third kappa shape index (κ3) is 3.50. The molecule has 2 aromatic rings. The second-order valence-electron chi connectivity index (χ2n) is 3.93. The van der Waals surface area contributed by atoms with Gasteiger partial charge in [-0.1, -0.05) is 19.1 Å². The number of hydrogen-bond donors (Lipinski definition) is 0. The monoisotopic (exact) mass is 344 g/mol. The summed E-state index contributed by atoms with van der Waals surface area (Å²) < 4.78 is 6.72. The largest absolute Gasteiger partial charge is 0.494 e. The van der Waals surface area contributed by atoms with Crippen molar-refractivity contribution >= 4 is 38.9 Å². The van der Waals surface area contributed by atoms with E-state index in [1.807, 2.05) is 36.4 Å². The summed E-state index contributed by atoms with van der Waals surface area (Å²) >= 11 is 11.6. The lowest BCUT2D eigenvalue weighted by atomic mass is 10.1. The first kappa shape index (κ1) is 13.9. The molecule has 0 bridgehead atoms. The first-order chi connectivity index (χ1) is 8.70. The molecule has 4 heteroatoms. The molecule has 0 N–H and O–H groups in total. The van der Waals surface area contributed by atoms with Crippen molar-refractivity contribution in [2.45, 2.75) is 18.7 Å². The molecule has 1 unspecified atom stereocenters. The molecule has 0 fully saturated rings. The molecule has 0 saturated carbocycles. The quantitative estimate of drug-likeness (QED) is 0.638. The molecule has 1 atom stereocenters. The van der Waals surface area contributed by atoms with Gasteiger partial charge in [0.2, 0.25) is 0 Å². The number of rotatable bonds is 5. The second-order valence-corrected chi connectivity index (χ2v) is 6.86. The maximum Gasteiger partial charge on any atom is 0.119 e. The van der Waals surface area contributed by atoms with Crippen LogP contribution in [-0.4, -0.2) is 6.61 Å². The minimum absolute atomic E-state index is 0.119. The van der Waals surface area contributed by atoms with Crippen molar-refractivity contribution in [3.05, 3.63) is 50.6 Å². The van der Waals surface area contributed by atoms with E-state index in [4.69, 9.17) is 16.3 Å². The predicted octanol–water partition coefficient (Wildman–Crippen LogP) is 5.63. The summed E-state index contributed by atoms with van der Waals surface area (Å²) in [6.07, 6.45) is 1.01. The lowest BCUT2D eigenvalue weighted by Gasteiger charge is -2.10. The topological polar surface area (TPSA) is 9.23 Å². The first-order valence-corrected chi connectivity index (χ1v) is 7.87. The number of hydrogen-bond acceptors (Lipinski definition) is 2. The van der Waals surface area contributed by atoms with Crippen LogP contribution in [0.1, 0.15) is 29.2 Å². The highest BCUT2D eigenvalue weighted by Crippen LogP contribution is 2.36. The summed E-state index contributed by atoms with van der Waals surface area (Å²) in [5.41, 5.74) is 1.07. The second kappa shape index (κ2) is 6.60. The fourth-order valence-corrected chi connectivity index (χ4v) is 3.38. The third-order valence-electron chi connectivity index (χ3n) is 2.47. The van der Waals surface area contributed by atoms with Crippen LogP contribution in [0.4, 0.5) is 0 Å². The van der Waals surface area contributed by atoms with E-state index in [0.717, 1.165) is 33.0 Å². The van der Waals surface area contributed by atoms with Gasteiger partial charge in [-0.3, -0.25) is 0 Å². The van der Waals surface area contributed by atoms with Crippen LogP contribution in [0.2, 0.25) is 0 Å². The van der Waals surface area contributed by atoms with Crippen molar-refractivity contribution in [3.63, 3.8) is 0 Å². The molecular weight excluding hydrogens is 332 g/mol. The number of ether oxygens (including phenoxy) is 1. The van der Waals surface area contributed by atoms with Crippen LogP contribution in [0.5, 0.6) is 5.75 Å². The molecule has 0 spiro atoms. The Bertz CT molecular complexity index is 512. The maximum absolute atomic E-state index is 6.48. The van der Waals surface area contributed by atoms with Crippen molar-refractivity contribution < 1.29 is 4.74 Å². The standard InChI is InChI=1S/C14H14BrClOS/c1-2-8-17-11-5-3-4-10(9-11)14(16)12-6-7-13(15)18-12/h3-7,9,14H,2,8H2,1H3. The Labute approximate surface area is 125 Å². The summed E-state index contributed by atoms with van der Waals surface area (Å²) in [6.45, 7) is 2.83. The van der Waals surface area contributed by atoms with E-state index in [9.17, 15) is 0 Å². The Balaban J connectivity index is 2.17. The molecule has 0 saturated heterocycles. The lowest BCUT2D eigenvalue weighted by molar-refractivity contribution is 0.317. The summed E-state index contributed by atoms with van der Waals surface area (Å²) in [5, 5.41) is -0.119. The summed E-state index contributed by atoms with van der Waals surface area (Å²) in [4.78, 5) is 1.14. The zero-order valence-electron chi connectivity index (χ0n) is 10.0. The van der Waals surface area contributed by atoms with Gasteiger partial charge in [0.25, 0.3) is 0 Å². The molecule has 1 aromatic carbocycles. The zero-order valence-corrected chi connectivity index (χ0v) is 13.2. The van der Waals surface area contributed by atoms with Crippen LogP contribution in [-0.2, 0) is 0 Å². The van der Waals surface area contributed by atoms with Crippen LogP contribution in [0, 0.1) is 0 Å². The Morgan fingerprint density at radius 3 is 2.83 bits per heavy atom. The molecule has 0 aliphatic heterocycles. The fraction of sp³-hybridized carbons (Fsp3) is 0.286. The van der Waals surface area contributed by atoms with Crippen LogP contribution in [0.3, 0.4) is 0 Å². The van der Waals surface area contributed by atoms with E-state index in [-0.39, 0.29) is 5.38 Å². The molecule has 0 aliphatic rings. The van der Waals surface area contributed by atoms with Crippen molar-refractivity contribution in [1.82, 2.24) is 0 Å². The van der Waals surface area contributed by atoms with Gasteiger partial charge in [0.1, 0.15) is 5.75 Å². The van der Waals surface area contributed by atoms with Crippen molar-refractivity contribution in [2.75, 3.05) is 6.61 Å². The number of halogens is 2. The SMILES string of the molecule is CCCOc1cccc(C(Cl)c2ccc(Br)s2)c1. The Kier molecular flexibility index (Phi) is 5.10. The highest BCUT2D eigenvalue weighted by molar-refractivity contribution is 9.11. The molecule has 1 aromatic heterocycles. The number of benzene rings is 1. The van der Waals surface area contributed by atoms with Crippen molar-refractivity contribution in [3.8, 4) is 5.75 Å². The van der Waals surface area contributed by atoms with Gasteiger partial charge in [-0.2, -0.15) is 0 Å². The van der Waals surface area contributed by atoms with Crippen LogP contribution >= 0.6 is 38.9 Å². The maximum atomic E-state index is 6.48. The Hall–Kier alpha value is -0.510. The minimum Gasteiger partial charge on any atom is -0.494 e. The zero-order chi connectivity index (χ0) is 13.0. The summed E-state index contributed by atoms with van der Waals surface area (Å²) in [5.74, 6) is 0.885. The van der Waals surface area contributed by atoms with Gasteiger partial charge in [0, 0.05) is 4.88 Å². The van der Waals surface area contributed by atoms with Crippen molar-refractivity contribution in [2.24, 2.45) is 0 Å². The van der Waals surface area contributed by atoms with Gasteiger partial charge in [-0.25, -0.2) is 0 Å². The van der Waals surface area contributed by atoms with Gasteiger partial charge in [-0.05, 0) is 52.2 Å². The Morgan fingerprint density at radius 2 is 2.17 bits per heavy atom. The molecule has 0 radical (unpaired) electrons. The molecule has 1 heterocycles. The number of thiophene rings is 1. The van der Waals surface area contributed by atoms with Gasteiger partial charge in [0.05, 0.1) is 15.8 Å². The molecule has 1 nitrogen and oxygen atoms in total. The smallest absolute Gasteiger partial charge is 0.119 e. The highest BCUT2D eigenvalue weighted by Gasteiger charge is 2.13. The van der Waals surface area contributed by atoms with E-state index >= 15 is 0 Å². The van der Waals surface area contributed by atoms with Crippen LogP contribution < -0.4 is 4.74 Å². The summed E-state index contributed by atoms with van der Waals surface area (Å²) in [7, 11) is 0. The normalized spacial score (nSPS) is 12.4. The average molecular weight is 346 g/mol. The van der Waals surface area contributed by atoms with E-state index in [2.05, 4.69) is 22.9 Å². The lowest BCUT2D eigenvalue weighted by Crippen LogP contribution is -1.96. The van der Waals surface area contributed by atoms with Crippen molar-refractivity contribution in [1.29, 1.82) is 0 Å². The van der Waals surface area contributed by atoms with Gasteiger partial charge >= 0.3 is 0 Å². The Morgan fingerprint density at radius 1 is 1.33 bits per heavy atom. The molecule has 0 aliphatic carbocycles. The molecule has 96 valence electrons. The predicted molar refractivity (Wildman–Crippen MR) is 81.9 cm³/mol. The van der Waals surface area contributed by atoms with E-state index in [1.165, 1.54) is 0 Å². The highest BCUT2D eigenvalue weighted by atomic mass is 79.9. The van der Waals surface area contributed by atoms with Gasteiger partial charge < -0.3 is 4.74 Å². The molecule has 18 heavy (non-hydrogen) atoms. The van der Waals surface area contributed by atoms with E-state index < -0.39 is 0 Å². The first-order valence-electron chi connectivity index (χ1n) is 5.82. The summed E-state index contributed by atoms with van der Waals surface area (Å²) in [6, 6.07) is 12.1. The molecule has 0 amide bonds. The minimum atomic E-state index is -0.119. The average Bonchev–Trinajstić information content (AvgIpc) is 2.82. The van der Waals surface area contributed by atoms with Gasteiger partial charge in [-0.15, -0.1) is 22.9 Å². The third-order valence-corrected chi connectivity index (χ3v) is 4.77. The number of alkyl halides is 1. The van der Waals surface area contributed by atoms with Crippen LogP contribution in [0.25, 0.3) is 0 Å². The van der Waals surface area contributed by atoms with Gasteiger partial charge in [0.15, 0.2) is 0 Å². The van der Waals surface area contributed by atoms with E-state index in [0.29, 0.717) is 0 Å². The van der Waals surface area contributed by atoms with E-state index in [1.54, 1.807) is 11.3 Å². The molecule has 2 rings (SSSR count). The fourth-order valence-electron chi connectivity index (χ4n) is 1.61.